The lowest BCUT2D eigenvalue weighted by atomic mass is 9.86. The molecule has 2 heterocycles. The van der Waals surface area contributed by atoms with Gasteiger partial charge in [-0.2, -0.15) is 0 Å². The van der Waals surface area contributed by atoms with E-state index in [4.69, 9.17) is 5.84 Å². The number of hydrazine groups is 1. The summed E-state index contributed by atoms with van der Waals surface area (Å²) in [6.45, 7) is 9.91. The Labute approximate surface area is 268 Å². The molecule has 1 aliphatic rings. The lowest BCUT2D eigenvalue weighted by Gasteiger charge is -2.27. The number of carbonyl (C=O) groups is 4. The number of fused-ring (bicyclic) bond motifs is 2. The van der Waals surface area contributed by atoms with Crippen LogP contribution in [0.1, 0.15) is 59.9 Å². The van der Waals surface area contributed by atoms with E-state index < -0.39 is 24.0 Å². The number of nitrogens with one attached hydrogen (secondary N) is 4. The van der Waals surface area contributed by atoms with Crippen molar-refractivity contribution in [1.82, 2.24) is 21.0 Å². The predicted molar refractivity (Wildman–Crippen MR) is 182 cm³/mol. The van der Waals surface area contributed by atoms with E-state index in [0.29, 0.717) is 29.9 Å². The Morgan fingerprint density at radius 1 is 1.09 bits per heavy atom. The van der Waals surface area contributed by atoms with Gasteiger partial charge in [-0.1, -0.05) is 59.7 Å². The van der Waals surface area contributed by atoms with Gasteiger partial charge in [0.2, 0.25) is 11.8 Å². The van der Waals surface area contributed by atoms with E-state index >= 15 is 0 Å². The van der Waals surface area contributed by atoms with Crippen LogP contribution in [0.4, 0.5) is 0 Å². The lowest BCUT2D eigenvalue weighted by molar-refractivity contribution is -0.130. The van der Waals surface area contributed by atoms with Crippen molar-refractivity contribution in [2.45, 2.75) is 72.0 Å². The Bertz CT molecular complexity index is 1530. The molecule has 9 nitrogen and oxygen atoms in total. The number of hydrogen-bond donors (Lipinski definition) is 5. The summed E-state index contributed by atoms with van der Waals surface area (Å²) in [7, 11) is 2.99. The first-order valence-corrected chi connectivity index (χ1v) is 17.5. The summed E-state index contributed by atoms with van der Waals surface area (Å²) in [5.74, 6) is 5.63. The van der Waals surface area contributed by atoms with Crippen LogP contribution in [0.5, 0.6) is 0 Å². The second-order valence-corrected chi connectivity index (χ2v) is 14.6. The van der Waals surface area contributed by atoms with Crippen molar-refractivity contribution in [1.29, 1.82) is 0 Å². The Hall–Kier alpha value is -3.12. The molecule has 0 saturated heterocycles. The number of amides is 2. The number of ketones is 1. The van der Waals surface area contributed by atoms with Crippen LogP contribution in [0.25, 0.3) is 10.9 Å². The first-order chi connectivity index (χ1) is 21.0. The Balaban J connectivity index is 0.00000552. The molecule has 1 aromatic heterocycles. The van der Waals surface area contributed by atoms with Gasteiger partial charge in [0.25, 0.3) is 0 Å². The standard InChI is InChI=1S/C33H43N5O4S2.H2/c1-18(2)10-28(38-34)33(42)36-27(13-24-14-35-26-9-7-6-8-25(24)26)32(41)37-29-17-44-43-16-22(15-39)12-23-11-19(3)20(4)21(5)30(23)31(29)40;/h6-9,11,14-15,18,22,27-29,35,38H,10,12-13,16-17,34H2,1-5H3,(H,36,42)(H,37,41);1H/t22?,27-,28-,29?;/m0./s1. The molecule has 1 aliphatic heterocycles. The highest BCUT2D eigenvalue weighted by Gasteiger charge is 2.33. The summed E-state index contributed by atoms with van der Waals surface area (Å²) in [5.41, 5.74) is 8.71. The summed E-state index contributed by atoms with van der Waals surface area (Å²) in [6, 6.07) is 7.32. The number of carbonyl (C=O) groups excluding carboxylic acids is 4. The van der Waals surface area contributed by atoms with Crippen LogP contribution in [0, 0.1) is 32.6 Å². The van der Waals surface area contributed by atoms with Crippen molar-refractivity contribution < 1.29 is 20.6 Å². The molecule has 6 N–H and O–H groups in total. The summed E-state index contributed by atoms with van der Waals surface area (Å²) in [4.78, 5) is 56.7. The first-order valence-electron chi connectivity index (χ1n) is 15.0. The minimum atomic E-state index is -0.953. The fourth-order valence-electron chi connectivity index (χ4n) is 5.70. The molecule has 2 amide bonds. The maximum absolute atomic E-state index is 14.2. The second-order valence-electron chi connectivity index (χ2n) is 12.0. The molecular weight excluding hydrogens is 595 g/mol. The van der Waals surface area contributed by atoms with Crippen LogP contribution in [0.2, 0.25) is 0 Å². The fourth-order valence-corrected chi connectivity index (χ4v) is 8.15. The SMILES string of the molecule is Cc1cc2c(c(C)c1C)C(=O)C(NC(=O)[C@H](Cc1c[nH]c3ccccc13)NC(=O)[C@H](CC(C)C)NN)CSSCC(C=O)C2.[HH]. The van der Waals surface area contributed by atoms with Crippen molar-refractivity contribution in [3.05, 3.63) is 69.9 Å². The monoisotopic (exact) mass is 639 g/mol. The maximum Gasteiger partial charge on any atom is 0.243 e. The highest BCUT2D eigenvalue weighted by molar-refractivity contribution is 8.76. The van der Waals surface area contributed by atoms with Crippen LogP contribution >= 0.6 is 21.6 Å². The third-order valence-corrected chi connectivity index (χ3v) is 10.9. The van der Waals surface area contributed by atoms with Gasteiger partial charge >= 0.3 is 0 Å². The summed E-state index contributed by atoms with van der Waals surface area (Å²) < 4.78 is 0. The molecule has 0 fully saturated rings. The van der Waals surface area contributed by atoms with Gasteiger partial charge in [0, 0.05) is 47.9 Å². The zero-order valence-corrected chi connectivity index (χ0v) is 27.6. The van der Waals surface area contributed by atoms with Gasteiger partial charge < -0.3 is 20.4 Å². The molecule has 238 valence electrons. The van der Waals surface area contributed by atoms with E-state index in [-0.39, 0.29) is 31.4 Å². The molecule has 11 heteroatoms. The minimum Gasteiger partial charge on any atom is -0.361 e. The number of aromatic nitrogens is 1. The molecule has 0 aliphatic carbocycles. The Morgan fingerprint density at radius 2 is 1.82 bits per heavy atom. The van der Waals surface area contributed by atoms with E-state index in [1.54, 1.807) is 0 Å². The highest BCUT2D eigenvalue weighted by atomic mass is 33.1. The molecule has 0 radical (unpaired) electrons. The van der Waals surface area contributed by atoms with E-state index in [9.17, 15) is 19.2 Å². The van der Waals surface area contributed by atoms with Crippen LogP contribution in [-0.4, -0.2) is 58.5 Å². The average molecular weight is 640 g/mol. The number of H-pyrrole nitrogens is 1. The van der Waals surface area contributed by atoms with Crippen LogP contribution in [0.3, 0.4) is 0 Å². The average Bonchev–Trinajstić information content (AvgIpc) is 3.41. The number of aldehydes is 1. The molecule has 44 heavy (non-hydrogen) atoms. The van der Waals surface area contributed by atoms with E-state index in [1.807, 2.05) is 71.1 Å². The second kappa shape index (κ2) is 15.2. The number of benzene rings is 2. The number of hydrogen-bond acceptors (Lipinski definition) is 8. The van der Waals surface area contributed by atoms with E-state index in [2.05, 4.69) is 21.0 Å². The lowest BCUT2D eigenvalue weighted by Crippen LogP contribution is -2.57. The molecule has 0 bridgehead atoms. The van der Waals surface area contributed by atoms with Gasteiger partial charge in [-0.15, -0.1) is 0 Å². The molecule has 0 spiro atoms. The maximum atomic E-state index is 14.2. The third-order valence-electron chi connectivity index (χ3n) is 8.35. The van der Waals surface area contributed by atoms with Crippen molar-refractivity contribution in [2.24, 2.45) is 17.7 Å². The normalized spacial score (nSPS) is 18.8. The number of aryl methyl sites for hydroxylation is 1. The first kappa shape index (κ1) is 33.8. The zero-order chi connectivity index (χ0) is 32.0. The van der Waals surface area contributed by atoms with Crippen molar-refractivity contribution in [3.8, 4) is 0 Å². The van der Waals surface area contributed by atoms with Crippen LogP contribution < -0.4 is 21.9 Å². The van der Waals surface area contributed by atoms with E-state index in [0.717, 1.165) is 45.0 Å². The Morgan fingerprint density at radius 3 is 2.52 bits per heavy atom. The quantitative estimate of drug-likeness (QED) is 0.0952. The predicted octanol–water partition coefficient (Wildman–Crippen LogP) is 4.36. The third kappa shape index (κ3) is 7.93. The summed E-state index contributed by atoms with van der Waals surface area (Å²) in [5, 5.41) is 6.88. The van der Waals surface area contributed by atoms with Gasteiger partial charge in [-0.3, -0.25) is 20.2 Å². The van der Waals surface area contributed by atoms with Gasteiger partial charge in [-0.05, 0) is 73.4 Å². The Kier molecular flexibility index (Phi) is 11.7. The molecule has 0 saturated carbocycles. The molecule has 2 unspecified atom stereocenters. The topological polar surface area (TPSA) is 146 Å². The molecule has 2 aromatic carbocycles. The highest BCUT2D eigenvalue weighted by Crippen LogP contribution is 2.32. The van der Waals surface area contributed by atoms with Gasteiger partial charge in [0.05, 0.1) is 6.04 Å². The number of Topliss-reactive ketones (excluding diaryl/α,β-unsaturated/α-hetero) is 1. The van der Waals surface area contributed by atoms with Crippen molar-refractivity contribution in [3.63, 3.8) is 0 Å². The van der Waals surface area contributed by atoms with Crippen LogP contribution in [-0.2, 0) is 27.2 Å². The zero-order valence-electron chi connectivity index (χ0n) is 26.0. The van der Waals surface area contributed by atoms with Gasteiger partial charge in [0.15, 0.2) is 5.78 Å². The number of aromatic amines is 1. The fraction of sp³-hybridized carbons (Fsp3) is 0.455. The molecule has 4 rings (SSSR count). The molecular formula is C33H45N5O4S2. The van der Waals surface area contributed by atoms with Crippen molar-refractivity contribution in [2.75, 3.05) is 11.5 Å². The largest absolute Gasteiger partial charge is 0.361 e. The molecule has 4 atom stereocenters. The minimum absolute atomic E-state index is 0. The smallest absolute Gasteiger partial charge is 0.243 e. The number of nitrogens with two attached hydrogens (primary N) is 1. The van der Waals surface area contributed by atoms with Crippen molar-refractivity contribution >= 4 is 56.4 Å². The van der Waals surface area contributed by atoms with Crippen LogP contribution in [0.15, 0.2) is 36.5 Å². The van der Waals surface area contributed by atoms with Gasteiger partial charge in [0.1, 0.15) is 18.4 Å². The number of rotatable bonds is 10. The van der Waals surface area contributed by atoms with E-state index in [1.165, 1.54) is 21.6 Å². The molecule has 3 aromatic rings. The summed E-state index contributed by atoms with van der Waals surface area (Å²) >= 11 is 0. The summed E-state index contributed by atoms with van der Waals surface area (Å²) in [6.07, 6.45) is 3.99. The number of para-hydroxylation sites is 1. The van der Waals surface area contributed by atoms with Gasteiger partial charge in [-0.25, -0.2) is 5.43 Å².